The lowest BCUT2D eigenvalue weighted by Gasteiger charge is -2.18. The summed E-state index contributed by atoms with van der Waals surface area (Å²) in [6.45, 7) is 6.54. The molecule has 0 aromatic heterocycles. The number of rotatable bonds is 58. The molecular formula is C66H120O6. The van der Waals surface area contributed by atoms with Gasteiger partial charge in [-0.2, -0.15) is 0 Å². The second-order valence-electron chi connectivity index (χ2n) is 21.3. The lowest BCUT2D eigenvalue weighted by Crippen LogP contribution is -2.30. The van der Waals surface area contributed by atoms with Crippen LogP contribution in [-0.2, 0) is 28.6 Å². The van der Waals surface area contributed by atoms with Gasteiger partial charge >= 0.3 is 17.9 Å². The Morgan fingerprint density at radius 1 is 0.292 bits per heavy atom. The topological polar surface area (TPSA) is 78.9 Å². The molecule has 0 radical (unpaired) electrons. The van der Waals surface area contributed by atoms with E-state index in [0.717, 1.165) is 96.3 Å². The largest absolute Gasteiger partial charge is 0.462 e. The van der Waals surface area contributed by atoms with E-state index < -0.39 is 6.10 Å². The summed E-state index contributed by atoms with van der Waals surface area (Å²) in [7, 11) is 0. The molecule has 6 heteroatoms. The molecule has 0 bridgehead atoms. The van der Waals surface area contributed by atoms with Crippen molar-refractivity contribution in [2.45, 2.75) is 341 Å². The average molecular weight is 1010 g/mol. The van der Waals surface area contributed by atoms with Crippen LogP contribution in [0.3, 0.4) is 0 Å². The van der Waals surface area contributed by atoms with Gasteiger partial charge in [-0.25, -0.2) is 0 Å². The van der Waals surface area contributed by atoms with Gasteiger partial charge in [0.2, 0.25) is 0 Å². The van der Waals surface area contributed by atoms with Crippen molar-refractivity contribution in [1.82, 2.24) is 0 Å². The van der Waals surface area contributed by atoms with E-state index in [9.17, 15) is 14.4 Å². The lowest BCUT2D eigenvalue weighted by molar-refractivity contribution is -0.167. The number of unbranched alkanes of at least 4 members (excludes halogenated alkanes) is 39. The van der Waals surface area contributed by atoms with Crippen LogP contribution in [0.4, 0.5) is 0 Å². The number of carbonyl (C=O) groups excluding carboxylic acids is 3. The summed E-state index contributed by atoms with van der Waals surface area (Å²) in [5, 5.41) is 0. The summed E-state index contributed by atoms with van der Waals surface area (Å²) in [5.74, 6) is -0.904. The number of allylic oxidation sites excluding steroid dienone is 8. The van der Waals surface area contributed by atoms with Crippen molar-refractivity contribution in [3.05, 3.63) is 48.6 Å². The molecule has 0 aromatic rings. The SMILES string of the molecule is CC/C=C\C/C=C\C/C=C\CCCCCC(=O)OCC(COC(=O)CCCCCCCCCCCCCCCCCCCCCCCCCCC)OC(=O)CCCCCCC/C=C\CCCCCCCCC. The van der Waals surface area contributed by atoms with Gasteiger partial charge in [-0.3, -0.25) is 14.4 Å². The molecule has 0 aromatic carbocycles. The molecule has 0 amide bonds. The molecule has 0 spiro atoms. The molecule has 0 N–H and O–H groups in total. The summed E-state index contributed by atoms with van der Waals surface area (Å²) < 4.78 is 16.9. The van der Waals surface area contributed by atoms with Gasteiger partial charge < -0.3 is 14.2 Å². The lowest BCUT2D eigenvalue weighted by atomic mass is 10.0. The first-order valence-electron chi connectivity index (χ1n) is 31.6. The molecule has 0 saturated heterocycles. The quantitative estimate of drug-likeness (QED) is 0.0261. The first-order chi connectivity index (χ1) is 35.5. The summed E-state index contributed by atoms with van der Waals surface area (Å²) >= 11 is 0. The smallest absolute Gasteiger partial charge is 0.306 e. The Morgan fingerprint density at radius 2 is 0.542 bits per heavy atom. The average Bonchev–Trinajstić information content (AvgIpc) is 3.38. The fourth-order valence-electron chi connectivity index (χ4n) is 9.34. The first-order valence-corrected chi connectivity index (χ1v) is 31.6. The second-order valence-corrected chi connectivity index (χ2v) is 21.3. The predicted octanol–water partition coefficient (Wildman–Crippen LogP) is 21.4. The summed E-state index contributed by atoms with van der Waals surface area (Å²) in [4.78, 5) is 38.2. The van der Waals surface area contributed by atoms with Gasteiger partial charge in [-0.05, 0) is 77.0 Å². The molecule has 0 heterocycles. The van der Waals surface area contributed by atoms with Gasteiger partial charge in [0.25, 0.3) is 0 Å². The first kappa shape index (κ1) is 69.4. The Kier molecular flexibility index (Phi) is 58.7. The number of hydrogen-bond acceptors (Lipinski definition) is 6. The van der Waals surface area contributed by atoms with E-state index in [-0.39, 0.29) is 31.1 Å². The number of esters is 3. The third kappa shape index (κ3) is 58.3. The minimum atomic E-state index is -0.788. The highest BCUT2D eigenvalue weighted by molar-refractivity contribution is 5.71. The number of ether oxygens (including phenoxy) is 3. The standard InChI is InChI=1S/C66H120O6/c1-4-7-10-13-16-19-22-25-27-29-30-31-32-33-34-35-36-37-39-41-44-47-50-53-56-59-65(68)71-62-63(61-70-64(67)58-55-52-49-46-43-40-24-21-18-15-12-9-6-3)72-66(69)60-57-54-51-48-45-42-38-28-26-23-20-17-14-11-8-5-2/h9,12,18,21,28,38,40,43,63H,4-8,10-11,13-17,19-20,22-27,29-37,39,41-42,44-62H2,1-3H3/b12-9-,21-18-,38-28-,43-40-. The van der Waals surface area contributed by atoms with Crippen LogP contribution in [0, 0.1) is 0 Å². The highest BCUT2D eigenvalue weighted by Crippen LogP contribution is 2.17. The molecule has 0 fully saturated rings. The molecule has 72 heavy (non-hydrogen) atoms. The molecular weight excluding hydrogens is 889 g/mol. The Balaban J connectivity index is 4.25. The van der Waals surface area contributed by atoms with E-state index >= 15 is 0 Å². The minimum Gasteiger partial charge on any atom is -0.462 e. The maximum atomic E-state index is 12.9. The molecule has 1 unspecified atom stereocenters. The molecule has 6 nitrogen and oxygen atoms in total. The van der Waals surface area contributed by atoms with Crippen LogP contribution in [0.5, 0.6) is 0 Å². The predicted molar refractivity (Wildman–Crippen MR) is 312 cm³/mol. The second kappa shape index (κ2) is 60.9. The zero-order chi connectivity index (χ0) is 52.2. The zero-order valence-electron chi connectivity index (χ0n) is 48.2. The molecule has 0 aliphatic carbocycles. The molecule has 1 atom stereocenters. The van der Waals surface area contributed by atoms with E-state index in [2.05, 4.69) is 69.4 Å². The molecule has 0 aliphatic rings. The minimum absolute atomic E-state index is 0.0826. The van der Waals surface area contributed by atoms with E-state index in [4.69, 9.17) is 14.2 Å². The summed E-state index contributed by atoms with van der Waals surface area (Å²) in [5.41, 5.74) is 0. The van der Waals surface area contributed by atoms with Gasteiger partial charge in [-0.15, -0.1) is 0 Å². The third-order valence-corrected chi connectivity index (χ3v) is 14.1. The molecule has 0 aliphatic heterocycles. The van der Waals surface area contributed by atoms with E-state index in [1.165, 1.54) is 199 Å². The zero-order valence-corrected chi connectivity index (χ0v) is 48.2. The van der Waals surface area contributed by atoms with Gasteiger partial charge in [0.05, 0.1) is 0 Å². The van der Waals surface area contributed by atoms with Crippen molar-refractivity contribution in [2.75, 3.05) is 13.2 Å². The van der Waals surface area contributed by atoms with Crippen LogP contribution in [0.25, 0.3) is 0 Å². The van der Waals surface area contributed by atoms with Crippen LogP contribution >= 0.6 is 0 Å². The van der Waals surface area contributed by atoms with Crippen molar-refractivity contribution in [1.29, 1.82) is 0 Å². The van der Waals surface area contributed by atoms with E-state index in [0.29, 0.717) is 19.3 Å². The van der Waals surface area contributed by atoms with Crippen LogP contribution in [-0.4, -0.2) is 37.2 Å². The molecule has 420 valence electrons. The van der Waals surface area contributed by atoms with Gasteiger partial charge in [0.15, 0.2) is 6.10 Å². The van der Waals surface area contributed by atoms with Crippen LogP contribution in [0.1, 0.15) is 335 Å². The summed E-state index contributed by atoms with van der Waals surface area (Å²) in [6.07, 6.45) is 75.6. The van der Waals surface area contributed by atoms with E-state index in [1.54, 1.807) is 0 Å². The van der Waals surface area contributed by atoms with Crippen molar-refractivity contribution in [3.63, 3.8) is 0 Å². The number of hydrogen-bond donors (Lipinski definition) is 0. The highest BCUT2D eigenvalue weighted by atomic mass is 16.6. The van der Waals surface area contributed by atoms with Crippen LogP contribution < -0.4 is 0 Å². The normalized spacial score (nSPS) is 12.3. The van der Waals surface area contributed by atoms with Crippen LogP contribution in [0.15, 0.2) is 48.6 Å². The number of carbonyl (C=O) groups is 3. The van der Waals surface area contributed by atoms with Crippen molar-refractivity contribution < 1.29 is 28.6 Å². The van der Waals surface area contributed by atoms with Gasteiger partial charge in [0.1, 0.15) is 13.2 Å². The van der Waals surface area contributed by atoms with Crippen LogP contribution in [0.2, 0.25) is 0 Å². The monoisotopic (exact) mass is 1010 g/mol. The van der Waals surface area contributed by atoms with E-state index in [1.807, 2.05) is 0 Å². The molecule has 0 saturated carbocycles. The van der Waals surface area contributed by atoms with Gasteiger partial charge in [-0.1, -0.05) is 288 Å². The molecule has 0 rings (SSSR count). The summed E-state index contributed by atoms with van der Waals surface area (Å²) in [6, 6.07) is 0. The van der Waals surface area contributed by atoms with Crippen molar-refractivity contribution >= 4 is 17.9 Å². The Bertz CT molecular complexity index is 1250. The van der Waals surface area contributed by atoms with Crippen molar-refractivity contribution in [2.24, 2.45) is 0 Å². The fourth-order valence-corrected chi connectivity index (χ4v) is 9.34. The maximum Gasteiger partial charge on any atom is 0.306 e. The Morgan fingerprint density at radius 3 is 0.875 bits per heavy atom. The Labute approximate surface area is 448 Å². The fraction of sp³-hybridized carbons (Fsp3) is 0.833. The highest BCUT2D eigenvalue weighted by Gasteiger charge is 2.19. The maximum absolute atomic E-state index is 12.9. The van der Waals surface area contributed by atoms with Gasteiger partial charge in [0, 0.05) is 19.3 Å². The van der Waals surface area contributed by atoms with Crippen molar-refractivity contribution in [3.8, 4) is 0 Å². The Hall–Kier alpha value is -2.63. The third-order valence-electron chi connectivity index (χ3n) is 14.1.